The fraction of sp³-hybridized carbons (Fsp3) is 0.438. The molecule has 1 atom stereocenters. The second-order valence-electron chi connectivity index (χ2n) is 5.57. The Balaban J connectivity index is 2.00. The average Bonchev–Trinajstić information content (AvgIpc) is 2.94. The van der Waals surface area contributed by atoms with E-state index in [2.05, 4.69) is 5.32 Å². The molecule has 6 nitrogen and oxygen atoms in total. The van der Waals surface area contributed by atoms with Gasteiger partial charge in [-0.05, 0) is 31.5 Å². The van der Waals surface area contributed by atoms with Crippen molar-refractivity contribution in [3.63, 3.8) is 0 Å². The standard InChI is InChI=1S/C16H20N4O2/c1-19(2)16(22)14-8-5-9-20(14)11-15(21)18-13-7-4-3-6-12(13)10-17/h3-4,6-7,14H,5,8-9,11H2,1-2H3,(H,18,21). The minimum atomic E-state index is -0.230. The van der Waals surface area contributed by atoms with Gasteiger partial charge in [-0.25, -0.2) is 0 Å². The van der Waals surface area contributed by atoms with Crippen molar-refractivity contribution in [2.24, 2.45) is 0 Å². The molecular formula is C16H20N4O2. The summed E-state index contributed by atoms with van der Waals surface area (Å²) in [5, 5.41) is 11.8. The van der Waals surface area contributed by atoms with Crippen molar-refractivity contribution in [1.29, 1.82) is 5.26 Å². The summed E-state index contributed by atoms with van der Waals surface area (Å²) in [6.07, 6.45) is 1.69. The molecule has 0 saturated carbocycles. The van der Waals surface area contributed by atoms with Gasteiger partial charge in [-0.3, -0.25) is 14.5 Å². The molecule has 2 amide bonds. The van der Waals surface area contributed by atoms with E-state index < -0.39 is 0 Å². The fourth-order valence-corrected chi connectivity index (χ4v) is 2.66. The smallest absolute Gasteiger partial charge is 0.239 e. The molecule has 0 spiro atoms. The van der Waals surface area contributed by atoms with Crippen LogP contribution in [0.25, 0.3) is 0 Å². The zero-order valence-corrected chi connectivity index (χ0v) is 12.9. The van der Waals surface area contributed by atoms with Gasteiger partial charge in [0, 0.05) is 14.1 Å². The lowest BCUT2D eigenvalue weighted by atomic mass is 10.2. The van der Waals surface area contributed by atoms with Crippen LogP contribution in [-0.4, -0.2) is 54.8 Å². The van der Waals surface area contributed by atoms with Gasteiger partial charge in [0.05, 0.1) is 23.8 Å². The minimum absolute atomic E-state index is 0.0303. The molecule has 116 valence electrons. The van der Waals surface area contributed by atoms with Crippen molar-refractivity contribution < 1.29 is 9.59 Å². The van der Waals surface area contributed by atoms with E-state index in [9.17, 15) is 9.59 Å². The van der Waals surface area contributed by atoms with Crippen molar-refractivity contribution in [3.8, 4) is 6.07 Å². The Morgan fingerprint density at radius 1 is 1.41 bits per heavy atom. The molecule has 1 unspecified atom stereocenters. The maximum absolute atomic E-state index is 12.2. The molecule has 22 heavy (non-hydrogen) atoms. The molecule has 1 heterocycles. The molecule has 0 radical (unpaired) electrons. The molecule has 1 aliphatic rings. The van der Waals surface area contributed by atoms with Gasteiger partial charge >= 0.3 is 0 Å². The molecule has 1 aromatic carbocycles. The molecule has 1 saturated heterocycles. The fourth-order valence-electron chi connectivity index (χ4n) is 2.66. The van der Waals surface area contributed by atoms with Crippen molar-refractivity contribution in [2.45, 2.75) is 18.9 Å². The third kappa shape index (κ3) is 3.62. The number of nitrogens with zero attached hydrogens (tertiary/aromatic N) is 3. The van der Waals surface area contributed by atoms with Gasteiger partial charge in [0.25, 0.3) is 0 Å². The number of para-hydroxylation sites is 1. The van der Waals surface area contributed by atoms with Crippen molar-refractivity contribution in [1.82, 2.24) is 9.80 Å². The Labute approximate surface area is 130 Å². The number of amides is 2. The van der Waals surface area contributed by atoms with Gasteiger partial charge in [0.1, 0.15) is 6.07 Å². The van der Waals surface area contributed by atoms with Crippen LogP contribution in [0, 0.1) is 11.3 Å². The number of nitrogens with one attached hydrogen (secondary N) is 1. The van der Waals surface area contributed by atoms with Gasteiger partial charge in [-0.15, -0.1) is 0 Å². The highest BCUT2D eigenvalue weighted by atomic mass is 16.2. The number of likely N-dealkylation sites (N-methyl/N-ethyl adjacent to an activating group) is 1. The van der Waals surface area contributed by atoms with Gasteiger partial charge in [-0.2, -0.15) is 5.26 Å². The highest BCUT2D eigenvalue weighted by Crippen LogP contribution is 2.19. The maximum Gasteiger partial charge on any atom is 0.239 e. The van der Waals surface area contributed by atoms with E-state index in [4.69, 9.17) is 5.26 Å². The Morgan fingerprint density at radius 3 is 2.82 bits per heavy atom. The number of nitriles is 1. The van der Waals surface area contributed by atoms with Crippen molar-refractivity contribution >= 4 is 17.5 Å². The topological polar surface area (TPSA) is 76.4 Å². The quantitative estimate of drug-likeness (QED) is 0.901. The van der Waals surface area contributed by atoms with Crippen LogP contribution in [0.3, 0.4) is 0 Å². The summed E-state index contributed by atoms with van der Waals surface area (Å²) < 4.78 is 0. The summed E-state index contributed by atoms with van der Waals surface area (Å²) in [5.74, 6) is -0.177. The van der Waals surface area contributed by atoms with E-state index in [1.807, 2.05) is 11.0 Å². The number of carbonyl (C=O) groups is 2. The van der Waals surface area contributed by atoms with E-state index in [1.54, 1.807) is 43.3 Å². The summed E-state index contributed by atoms with van der Waals surface area (Å²) in [7, 11) is 3.45. The molecule has 1 aliphatic heterocycles. The minimum Gasteiger partial charge on any atom is -0.347 e. The van der Waals surface area contributed by atoms with E-state index in [0.29, 0.717) is 11.3 Å². The van der Waals surface area contributed by atoms with E-state index in [1.165, 1.54) is 0 Å². The molecule has 1 aromatic rings. The molecule has 1 N–H and O–H groups in total. The van der Waals surface area contributed by atoms with Gasteiger partial charge in [-0.1, -0.05) is 12.1 Å². The number of carbonyl (C=O) groups excluding carboxylic acids is 2. The monoisotopic (exact) mass is 300 g/mol. The summed E-state index contributed by atoms with van der Waals surface area (Å²) in [6, 6.07) is 8.69. The Morgan fingerprint density at radius 2 is 2.14 bits per heavy atom. The Bertz CT molecular complexity index is 606. The van der Waals surface area contributed by atoms with Crippen molar-refractivity contribution in [3.05, 3.63) is 29.8 Å². The first-order chi connectivity index (χ1) is 10.5. The van der Waals surface area contributed by atoms with Gasteiger partial charge in [0.15, 0.2) is 0 Å². The summed E-state index contributed by atoms with van der Waals surface area (Å²) in [4.78, 5) is 27.7. The third-order valence-corrected chi connectivity index (χ3v) is 3.76. The van der Waals surface area contributed by atoms with Crippen molar-refractivity contribution in [2.75, 3.05) is 32.5 Å². The van der Waals surface area contributed by atoms with Crippen LogP contribution >= 0.6 is 0 Å². The lowest BCUT2D eigenvalue weighted by molar-refractivity contribution is -0.133. The van der Waals surface area contributed by atoms with Gasteiger partial charge < -0.3 is 10.2 Å². The first kappa shape index (κ1) is 16.0. The Hall–Kier alpha value is -2.39. The average molecular weight is 300 g/mol. The maximum atomic E-state index is 12.2. The Kier molecular flexibility index (Phi) is 5.12. The molecule has 0 bridgehead atoms. The lowest BCUT2D eigenvalue weighted by Crippen LogP contribution is -2.45. The first-order valence-electron chi connectivity index (χ1n) is 7.27. The summed E-state index contributed by atoms with van der Waals surface area (Å²) in [6.45, 7) is 0.890. The predicted octanol–water partition coefficient (Wildman–Crippen LogP) is 1.05. The van der Waals surface area contributed by atoms with Gasteiger partial charge in [0.2, 0.25) is 11.8 Å². The predicted molar refractivity (Wildman–Crippen MR) is 83.1 cm³/mol. The summed E-state index contributed by atoms with van der Waals surface area (Å²) in [5.41, 5.74) is 0.933. The largest absolute Gasteiger partial charge is 0.347 e. The number of benzene rings is 1. The molecule has 0 aliphatic carbocycles. The first-order valence-corrected chi connectivity index (χ1v) is 7.27. The van der Waals surface area contributed by atoms with Crippen LogP contribution in [0.4, 0.5) is 5.69 Å². The van der Waals surface area contributed by atoms with Crippen LogP contribution in [-0.2, 0) is 9.59 Å². The molecule has 2 rings (SSSR count). The number of anilines is 1. The third-order valence-electron chi connectivity index (χ3n) is 3.76. The molecule has 6 heteroatoms. The second-order valence-corrected chi connectivity index (χ2v) is 5.57. The van der Waals surface area contributed by atoms with E-state index in [0.717, 1.165) is 19.4 Å². The SMILES string of the molecule is CN(C)C(=O)C1CCCN1CC(=O)Nc1ccccc1C#N. The van der Waals surface area contributed by atoms with Crippen LogP contribution < -0.4 is 5.32 Å². The molecular weight excluding hydrogens is 280 g/mol. The zero-order valence-electron chi connectivity index (χ0n) is 12.9. The van der Waals surface area contributed by atoms with Crippen LogP contribution in [0.5, 0.6) is 0 Å². The van der Waals surface area contributed by atoms with Crippen LogP contribution in [0.2, 0.25) is 0 Å². The number of hydrogen-bond donors (Lipinski definition) is 1. The zero-order chi connectivity index (χ0) is 16.1. The normalized spacial score (nSPS) is 17.8. The highest BCUT2D eigenvalue weighted by Gasteiger charge is 2.32. The molecule has 1 fully saturated rings. The lowest BCUT2D eigenvalue weighted by Gasteiger charge is -2.25. The van der Waals surface area contributed by atoms with E-state index >= 15 is 0 Å². The number of likely N-dealkylation sites (tertiary alicyclic amines) is 1. The van der Waals surface area contributed by atoms with Crippen LogP contribution in [0.15, 0.2) is 24.3 Å². The van der Waals surface area contributed by atoms with E-state index in [-0.39, 0.29) is 24.4 Å². The highest BCUT2D eigenvalue weighted by molar-refractivity contribution is 5.94. The molecule has 0 aromatic heterocycles. The number of rotatable bonds is 4. The summed E-state index contributed by atoms with van der Waals surface area (Å²) >= 11 is 0. The second kappa shape index (κ2) is 7.05. The van der Waals surface area contributed by atoms with Crippen LogP contribution in [0.1, 0.15) is 18.4 Å². The number of hydrogen-bond acceptors (Lipinski definition) is 4.